The Morgan fingerprint density at radius 1 is 0.947 bits per heavy atom. The van der Waals surface area contributed by atoms with E-state index in [1.165, 1.54) is 0 Å². The molecule has 0 amide bonds. The lowest BCUT2D eigenvalue weighted by Gasteiger charge is -2.11. The van der Waals surface area contributed by atoms with Crippen LogP contribution in [0, 0.1) is 0 Å². The molecule has 19 heavy (non-hydrogen) atoms. The molecule has 0 radical (unpaired) electrons. The number of hydrogen-bond acceptors (Lipinski definition) is 2. The van der Waals surface area contributed by atoms with Gasteiger partial charge in [-0.2, -0.15) is 0 Å². The highest BCUT2D eigenvalue weighted by molar-refractivity contribution is 6.35. The quantitative estimate of drug-likeness (QED) is 0.771. The van der Waals surface area contributed by atoms with Crippen molar-refractivity contribution in [3.05, 3.63) is 57.5 Å². The molecule has 2 rings (SSSR count). The molecule has 5 heteroatoms. The molecule has 0 saturated heterocycles. The Morgan fingerprint density at radius 3 is 2.53 bits per heavy atom. The second-order valence-corrected chi connectivity index (χ2v) is 5.08. The lowest BCUT2D eigenvalue weighted by atomic mass is 10.3. The minimum absolute atomic E-state index is 0.479. The van der Waals surface area contributed by atoms with E-state index in [1.54, 1.807) is 24.3 Å². The van der Waals surface area contributed by atoms with Gasteiger partial charge in [0.05, 0.1) is 15.7 Å². The lowest BCUT2D eigenvalue weighted by Crippen LogP contribution is -2.11. The van der Waals surface area contributed by atoms with Gasteiger partial charge in [-0.1, -0.05) is 46.9 Å². The van der Waals surface area contributed by atoms with Crippen LogP contribution >= 0.6 is 34.8 Å². The van der Waals surface area contributed by atoms with Gasteiger partial charge in [0.1, 0.15) is 12.4 Å². The molecule has 0 aliphatic heterocycles. The molecule has 0 heterocycles. The maximum absolute atomic E-state index is 6.03. The Morgan fingerprint density at radius 2 is 1.74 bits per heavy atom. The van der Waals surface area contributed by atoms with E-state index in [0.29, 0.717) is 34.0 Å². The smallest absolute Gasteiger partial charge is 0.137 e. The maximum atomic E-state index is 6.03. The lowest BCUT2D eigenvalue weighted by molar-refractivity contribution is 0.333. The van der Waals surface area contributed by atoms with Gasteiger partial charge in [0.2, 0.25) is 0 Å². The maximum Gasteiger partial charge on any atom is 0.137 e. The molecule has 0 spiro atoms. The van der Waals surface area contributed by atoms with Crippen molar-refractivity contribution in [3.8, 4) is 5.75 Å². The van der Waals surface area contributed by atoms with Crippen molar-refractivity contribution in [2.75, 3.05) is 18.5 Å². The number of ether oxygens (including phenoxy) is 1. The van der Waals surface area contributed by atoms with E-state index >= 15 is 0 Å². The predicted octanol–water partition coefficient (Wildman–Crippen LogP) is 5.14. The van der Waals surface area contributed by atoms with Crippen LogP contribution in [-0.4, -0.2) is 13.2 Å². The fourth-order valence-corrected chi connectivity index (χ4v) is 2.09. The summed E-state index contributed by atoms with van der Waals surface area (Å²) >= 11 is 17.9. The van der Waals surface area contributed by atoms with Gasteiger partial charge in [0, 0.05) is 11.6 Å². The fourth-order valence-electron chi connectivity index (χ4n) is 1.54. The molecule has 100 valence electrons. The van der Waals surface area contributed by atoms with E-state index in [9.17, 15) is 0 Å². The van der Waals surface area contributed by atoms with E-state index in [4.69, 9.17) is 39.5 Å². The Balaban J connectivity index is 1.84. The first kappa shape index (κ1) is 14.3. The van der Waals surface area contributed by atoms with Gasteiger partial charge in [-0.3, -0.25) is 0 Å². The second kappa shape index (κ2) is 6.90. The number of rotatable bonds is 5. The third-order valence-electron chi connectivity index (χ3n) is 2.44. The summed E-state index contributed by atoms with van der Waals surface area (Å²) < 4.78 is 5.56. The van der Waals surface area contributed by atoms with Gasteiger partial charge in [0.25, 0.3) is 0 Å². The van der Waals surface area contributed by atoms with E-state index < -0.39 is 0 Å². The van der Waals surface area contributed by atoms with Crippen LogP contribution in [-0.2, 0) is 0 Å². The molecule has 1 N–H and O–H groups in total. The van der Waals surface area contributed by atoms with Crippen LogP contribution in [0.3, 0.4) is 0 Å². The Hall–Kier alpha value is -1.09. The summed E-state index contributed by atoms with van der Waals surface area (Å²) in [6.07, 6.45) is 0. The van der Waals surface area contributed by atoms with Crippen LogP contribution in [0.15, 0.2) is 42.5 Å². The summed E-state index contributed by atoms with van der Waals surface area (Å²) in [7, 11) is 0. The molecule has 0 bridgehead atoms. The molecule has 0 unspecified atom stereocenters. The van der Waals surface area contributed by atoms with Crippen LogP contribution in [0.4, 0.5) is 5.69 Å². The second-order valence-electron chi connectivity index (χ2n) is 3.83. The van der Waals surface area contributed by atoms with Crippen molar-refractivity contribution in [2.45, 2.75) is 0 Å². The molecule has 0 aliphatic carbocycles. The topological polar surface area (TPSA) is 21.3 Å². The fraction of sp³-hybridized carbons (Fsp3) is 0.143. The van der Waals surface area contributed by atoms with Gasteiger partial charge in [-0.15, -0.1) is 0 Å². The first-order chi connectivity index (χ1) is 9.16. The summed E-state index contributed by atoms with van der Waals surface area (Å²) in [5.74, 6) is 0.670. The zero-order chi connectivity index (χ0) is 13.7. The zero-order valence-electron chi connectivity index (χ0n) is 10.00. The van der Waals surface area contributed by atoms with Gasteiger partial charge in [-0.05, 0) is 30.3 Å². The number of benzene rings is 2. The largest absolute Gasteiger partial charge is 0.490 e. The SMILES string of the molecule is Clc1ccc(Cl)c(NCCOc2ccccc2Cl)c1. The van der Waals surface area contributed by atoms with Crippen LogP contribution in [0.5, 0.6) is 5.75 Å². The average Bonchev–Trinajstić information content (AvgIpc) is 2.40. The summed E-state index contributed by atoms with van der Waals surface area (Å²) in [6, 6.07) is 12.6. The highest BCUT2D eigenvalue weighted by Crippen LogP contribution is 2.25. The van der Waals surface area contributed by atoms with Crippen molar-refractivity contribution >= 4 is 40.5 Å². The molecule has 2 aromatic rings. The van der Waals surface area contributed by atoms with E-state index in [-0.39, 0.29) is 0 Å². The van der Waals surface area contributed by atoms with Crippen molar-refractivity contribution in [1.82, 2.24) is 0 Å². The molecule has 0 aromatic heterocycles. The number of hydrogen-bond donors (Lipinski definition) is 1. The standard InChI is InChI=1S/C14H12Cl3NO/c15-10-5-6-11(16)13(9-10)18-7-8-19-14-4-2-1-3-12(14)17/h1-6,9,18H,7-8H2. The molecule has 2 aromatic carbocycles. The summed E-state index contributed by atoms with van der Waals surface area (Å²) in [4.78, 5) is 0. The van der Waals surface area contributed by atoms with Crippen molar-refractivity contribution in [2.24, 2.45) is 0 Å². The number of anilines is 1. The highest BCUT2D eigenvalue weighted by atomic mass is 35.5. The van der Waals surface area contributed by atoms with Crippen molar-refractivity contribution < 1.29 is 4.74 Å². The molecule has 0 aliphatic rings. The van der Waals surface area contributed by atoms with Crippen molar-refractivity contribution in [1.29, 1.82) is 0 Å². The van der Waals surface area contributed by atoms with Crippen LogP contribution in [0.25, 0.3) is 0 Å². The molecule has 0 saturated carbocycles. The summed E-state index contributed by atoms with van der Waals surface area (Å²) in [5.41, 5.74) is 0.789. The number of nitrogens with one attached hydrogen (secondary N) is 1. The first-order valence-corrected chi connectivity index (χ1v) is 6.86. The van der Waals surface area contributed by atoms with Gasteiger partial charge in [-0.25, -0.2) is 0 Å². The Kier molecular flexibility index (Phi) is 5.20. The highest BCUT2D eigenvalue weighted by Gasteiger charge is 2.02. The normalized spacial score (nSPS) is 10.3. The first-order valence-electron chi connectivity index (χ1n) is 5.73. The van der Waals surface area contributed by atoms with Gasteiger partial charge < -0.3 is 10.1 Å². The zero-order valence-corrected chi connectivity index (χ0v) is 12.3. The van der Waals surface area contributed by atoms with E-state index in [2.05, 4.69) is 5.32 Å². The summed E-state index contributed by atoms with van der Waals surface area (Å²) in [5, 5.41) is 5.02. The predicted molar refractivity (Wildman–Crippen MR) is 81.9 cm³/mol. The number of halogens is 3. The average molecular weight is 317 g/mol. The van der Waals surface area contributed by atoms with E-state index in [0.717, 1.165) is 5.69 Å². The van der Waals surface area contributed by atoms with Crippen LogP contribution in [0.1, 0.15) is 0 Å². The third kappa shape index (κ3) is 4.20. The van der Waals surface area contributed by atoms with Crippen molar-refractivity contribution in [3.63, 3.8) is 0 Å². The Labute approximate surface area is 127 Å². The Bertz CT molecular complexity index is 560. The summed E-state index contributed by atoms with van der Waals surface area (Å²) in [6.45, 7) is 1.08. The molecular weight excluding hydrogens is 305 g/mol. The van der Waals surface area contributed by atoms with Gasteiger partial charge >= 0.3 is 0 Å². The molecule has 2 nitrogen and oxygen atoms in total. The minimum atomic E-state index is 0.479. The number of para-hydroxylation sites is 1. The van der Waals surface area contributed by atoms with E-state index in [1.807, 2.05) is 18.2 Å². The van der Waals surface area contributed by atoms with Gasteiger partial charge in [0.15, 0.2) is 0 Å². The molecular formula is C14H12Cl3NO. The molecule has 0 atom stereocenters. The molecule has 0 fully saturated rings. The van der Waals surface area contributed by atoms with Crippen LogP contribution < -0.4 is 10.1 Å². The van der Waals surface area contributed by atoms with Crippen LogP contribution in [0.2, 0.25) is 15.1 Å². The monoisotopic (exact) mass is 315 g/mol. The third-order valence-corrected chi connectivity index (χ3v) is 3.32. The minimum Gasteiger partial charge on any atom is -0.490 e.